The van der Waals surface area contributed by atoms with Gasteiger partial charge in [-0.3, -0.25) is 0 Å². The first-order chi connectivity index (χ1) is 9.52. The Hall–Kier alpha value is -0.340. The van der Waals surface area contributed by atoms with Gasteiger partial charge in [-0.1, -0.05) is 12.2 Å². The first-order valence-corrected chi connectivity index (χ1v) is 8.64. The molecular formula is C18H28O2. The monoisotopic (exact) mass is 276 g/mol. The van der Waals surface area contributed by atoms with Crippen LogP contribution in [0.2, 0.25) is 0 Å². The third-order valence-electron chi connectivity index (χ3n) is 6.20. The third kappa shape index (κ3) is 2.35. The van der Waals surface area contributed by atoms with Gasteiger partial charge < -0.3 is 10.2 Å². The average Bonchev–Trinajstić information content (AvgIpc) is 3.30. The van der Waals surface area contributed by atoms with E-state index in [4.69, 9.17) is 0 Å². The molecule has 112 valence electrons. The van der Waals surface area contributed by atoms with E-state index in [-0.39, 0.29) is 0 Å². The van der Waals surface area contributed by atoms with Gasteiger partial charge in [0.25, 0.3) is 0 Å². The van der Waals surface area contributed by atoms with Crippen LogP contribution in [-0.2, 0) is 0 Å². The van der Waals surface area contributed by atoms with Crippen molar-refractivity contribution in [3.63, 3.8) is 0 Å². The molecule has 2 nitrogen and oxygen atoms in total. The zero-order valence-corrected chi connectivity index (χ0v) is 12.5. The van der Waals surface area contributed by atoms with Crippen LogP contribution in [0.4, 0.5) is 0 Å². The van der Waals surface area contributed by atoms with Gasteiger partial charge in [-0.25, -0.2) is 0 Å². The fraction of sp³-hybridized carbons (Fsp3) is 0.889. The molecule has 4 aliphatic rings. The predicted molar refractivity (Wildman–Crippen MR) is 79.2 cm³/mol. The maximum Gasteiger partial charge on any atom is 0.0740 e. The Morgan fingerprint density at radius 3 is 1.15 bits per heavy atom. The van der Waals surface area contributed by atoms with Gasteiger partial charge >= 0.3 is 0 Å². The molecule has 20 heavy (non-hydrogen) atoms. The van der Waals surface area contributed by atoms with E-state index in [0.717, 1.165) is 18.4 Å². The Balaban J connectivity index is 1.42. The van der Waals surface area contributed by atoms with Gasteiger partial charge in [0, 0.05) is 0 Å². The van der Waals surface area contributed by atoms with Gasteiger partial charge in [0.15, 0.2) is 0 Å². The van der Waals surface area contributed by atoms with E-state index in [0.29, 0.717) is 23.7 Å². The molecular weight excluding hydrogens is 248 g/mol. The molecule has 0 unspecified atom stereocenters. The Bertz CT molecular complexity index is 349. The summed E-state index contributed by atoms with van der Waals surface area (Å²) in [5.74, 6) is 2.06. The van der Waals surface area contributed by atoms with Crippen LogP contribution in [0.5, 0.6) is 0 Å². The molecule has 0 bridgehead atoms. The van der Waals surface area contributed by atoms with E-state index in [1.165, 1.54) is 51.4 Å². The molecule has 2 N–H and O–H groups in total. The topological polar surface area (TPSA) is 40.5 Å². The van der Waals surface area contributed by atoms with Crippen LogP contribution in [0.25, 0.3) is 0 Å². The van der Waals surface area contributed by atoms with E-state index in [9.17, 15) is 10.2 Å². The summed E-state index contributed by atoms with van der Waals surface area (Å²) in [7, 11) is 0. The Morgan fingerprint density at radius 2 is 0.950 bits per heavy atom. The number of aliphatic hydroxyl groups is 2. The Kier molecular flexibility index (Phi) is 2.89. The molecule has 0 aromatic rings. The molecule has 4 saturated carbocycles. The molecule has 0 aromatic heterocycles. The molecule has 0 aromatic carbocycles. The lowest BCUT2D eigenvalue weighted by Crippen LogP contribution is -2.38. The number of rotatable bonds is 8. The maximum atomic E-state index is 11.0. The molecule has 4 aliphatic carbocycles. The largest absolute Gasteiger partial charge is 0.389 e. The minimum absolute atomic E-state index is 0.481. The smallest absolute Gasteiger partial charge is 0.0740 e. The van der Waals surface area contributed by atoms with Crippen molar-refractivity contribution in [1.82, 2.24) is 0 Å². The molecule has 0 aliphatic heterocycles. The summed E-state index contributed by atoms with van der Waals surface area (Å²) >= 11 is 0. The SMILES string of the molecule is C=C(CC(O)(C1CC1)C1CC1)CC(O)(C1CC1)C1CC1. The van der Waals surface area contributed by atoms with Gasteiger partial charge in [-0.15, -0.1) is 0 Å². The standard InChI is InChI=1S/C18H28O2/c1-12(10-17(19,13-2-3-13)14-4-5-14)11-18(20,15-6-7-15)16-8-9-16/h13-16,19-20H,1-11H2. The predicted octanol–water partition coefficient (Wildman–Crippen LogP) is 3.43. The summed E-state index contributed by atoms with van der Waals surface area (Å²) in [5.41, 5.74) is 0.142. The average molecular weight is 276 g/mol. The van der Waals surface area contributed by atoms with Crippen molar-refractivity contribution in [3.05, 3.63) is 12.2 Å². The zero-order chi connectivity index (χ0) is 14.0. The molecule has 0 saturated heterocycles. The molecule has 4 rings (SSSR count). The van der Waals surface area contributed by atoms with Crippen molar-refractivity contribution in [1.29, 1.82) is 0 Å². The molecule has 0 amide bonds. The Morgan fingerprint density at radius 1 is 0.700 bits per heavy atom. The Labute approximate surface area is 122 Å². The van der Waals surface area contributed by atoms with Gasteiger partial charge in [0.1, 0.15) is 0 Å². The van der Waals surface area contributed by atoms with E-state index >= 15 is 0 Å². The normalized spacial score (nSPS) is 27.7. The number of hydrogen-bond donors (Lipinski definition) is 2. The van der Waals surface area contributed by atoms with E-state index < -0.39 is 11.2 Å². The first-order valence-electron chi connectivity index (χ1n) is 8.64. The minimum Gasteiger partial charge on any atom is -0.389 e. The van der Waals surface area contributed by atoms with Gasteiger partial charge in [-0.2, -0.15) is 0 Å². The van der Waals surface area contributed by atoms with Crippen LogP contribution in [0, 0.1) is 23.7 Å². The summed E-state index contributed by atoms with van der Waals surface area (Å²) in [6.07, 6.45) is 11.0. The van der Waals surface area contributed by atoms with Crippen LogP contribution in [0.3, 0.4) is 0 Å². The van der Waals surface area contributed by atoms with Crippen molar-refractivity contribution in [2.45, 2.75) is 75.4 Å². The van der Waals surface area contributed by atoms with Crippen LogP contribution < -0.4 is 0 Å². The lowest BCUT2D eigenvalue weighted by Gasteiger charge is -2.34. The zero-order valence-electron chi connectivity index (χ0n) is 12.5. The summed E-state index contributed by atoms with van der Waals surface area (Å²) in [5, 5.41) is 22.0. The second kappa shape index (κ2) is 4.33. The van der Waals surface area contributed by atoms with Crippen molar-refractivity contribution in [2.75, 3.05) is 0 Å². The quantitative estimate of drug-likeness (QED) is 0.667. The highest BCUT2D eigenvalue weighted by molar-refractivity contribution is 5.17. The minimum atomic E-state index is -0.481. The second-order valence-electron chi connectivity index (χ2n) is 8.18. The van der Waals surface area contributed by atoms with Crippen LogP contribution in [0.15, 0.2) is 12.2 Å². The first kappa shape index (κ1) is 13.3. The van der Waals surface area contributed by atoms with Crippen molar-refractivity contribution >= 4 is 0 Å². The van der Waals surface area contributed by atoms with Crippen molar-refractivity contribution < 1.29 is 10.2 Å². The molecule has 0 spiro atoms. The van der Waals surface area contributed by atoms with Gasteiger partial charge in [0.2, 0.25) is 0 Å². The lowest BCUT2D eigenvalue weighted by atomic mass is 9.79. The van der Waals surface area contributed by atoms with E-state index in [1.54, 1.807) is 0 Å². The summed E-state index contributed by atoms with van der Waals surface area (Å²) in [4.78, 5) is 0. The van der Waals surface area contributed by atoms with Crippen LogP contribution in [-0.4, -0.2) is 21.4 Å². The lowest BCUT2D eigenvalue weighted by molar-refractivity contribution is -0.0221. The van der Waals surface area contributed by atoms with E-state index in [1.807, 2.05) is 0 Å². The van der Waals surface area contributed by atoms with E-state index in [2.05, 4.69) is 6.58 Å². The third-order valence-corrected chi connectivity index (χ3v) is 6.20. The molecule has 0 radical (unpaired) electrons. The molecule has 0 atom stereocenters. The highest BCUT2D eigenvalue weighted by Gasteiger charge is 2.56. The number of hydrogen-bond acceptors (Lipinski definition) is 2. The highest BCUT2D eigenvalue weighted by Crippen LogP contribution is 2.57. The molecule has 4 fully saturated rings. The molecule has 2 heteroatoms. The van der Waals surface area contributed by atoms with Crippen LogP contribution in [0.1, 0.15) is 64.2 Å². The fourth-order valence-corrected chi connectivity index (χ4v) is 4.44. The van der Waals surface area contributed by atoms with Crippen molar-refractivity contribution in [3.8, 4) is 0 Å². The fourth-order valence-electron chi connectivity index (χ4n) is 4.44. The van der Waals surface area contributed by atoms with Crippen LogP contribution >= 0.6 is 0 Å². The summed E-state index contributed by atoms with van der Waals surface area (Å²) in [6.45, 7) is 4.25. The van der Waals surface area contributed by atoms with Crippen molar-refractivity contribution in [2.24, 2.45) is 23.7 Å². The van der Waals surface area contributed by atoms with Gasteiger partial charge in [0.05, 0.1) is 11.2 Å². The highest BCUT2D eigenvalue weighted by atomic mass is 16.3. The summed E-state index contributed by atoms with van der Waals surface area (Å²) < 4.78 is 0. The van der Waals surface area contributed by atoms with Gasteiger partial charge in [-0.05, 0) is 87.9 Å². The second-order valence-corrected chi connectivity index (χ2v) is 8.18. The maximum absolute atomic E-state index is 11.0. The summed E-state index contributed by atoms with van der Waals surface area (Å²) in [6, 6.07) is 0. The molecule has 0 heterocycles.